The Bertz CT molecular complexity index is 304. The molecule has 5 heteroatoms. The van der Waals surface area contributed by atoms with Gasteiger partial charge in [0.2, 0.25) is 0 Å². The van der Waals surface area contributed by atoms with Crippen LogP contribution in [0.4, 0.5) is 5.13 Å². The Morgan fingerprint density at radius 2 is 2.21 bits per heavy atom. The van der Waals surface area contributed by atoms with Gasteiger partial charge in [-0.3, -0.25) is 11.3 Å². The Labute approximate surface area is 88.1 Å². The second kappa shape index (κ2) is 4.25. The van der Waals surface area contributed by atoms with Crippen LogP contribution in [0, 0.1) is 6.92 Å². The number of hydrogen-bond acceptors (Lipinski definition) is 5. The molecule has 78 valence electrons. The summed E-state index contributed by atoms with van der Waals surface area (Å²) in [6.07, 6.45) is 2.59. The maximum absolute atomic E-state index is 5.31. The second-order valence-corrected chi connectivity index (χ2v) is 4.64. The maximum atomic E-state index is 5.31. The lowest BCUT2D eigenvalue weighted by Crippen LogP contribution is -2.20. The van der Waals surface area contributed by atoms with E-state index in [2.05, 4.69) is 15.3 Å². The van der Waals surface area contributed by atoms with Crippen LogP contribution in [0.15, 0.2) is 0 Å². The van der Waals surface area contributed by atoms with Crippen molar-refractivity contribution in [3.8, 4) is 0 Å². The van der Waals surface area contributed by atoms with Crippen LogP contribution < -0.4 is 16.2 Å². The van der Waals surface area contributed by atoms with E-state index < -0.39 is 0 Å². The van der Waals surface area contributed by atoms with E-state index in [1.54, 1.807) is 11.3 Å². The van der Waals surface area contributed by atoms with Gasteiger partial charge in [-0.15, -0.1) is 11.3 Å². The number of nitrogens with zero attached hydrogens (tertiary/aromatic N) is 2. The smallest absolute Gasteiger partial charge is 0.185 e. The number of aryl methyl sites for hydroxylation is 1. The Hall–Kier alpha value is -0.650. The Morgan fingerprint density at radius 3 is 2.86 bits per heavy atom. The third-order valence-electron chi connectivity index (χ3n) is 2.52. The van der Waals surface area contributed by atoms with Crippen LogP contribution in [-0.2, 0) is 6.54 Å². The molecule has 0 saturated carbocycles. The van der Waals surface area contributed by atoms with E-state index in [4.69, 9.17) is 5.84 Å². The fraction of sp³-hybridized carbons (Fsp3) is 0.667. The standard InChI is InChI=1S/C9H16N4S/c1-7-8(6-11-10)14-9(12-7)13-4-2-3-5-13/h11H,2-6,10H2,1H3. The largest absolute Gasteiger partial charge is 0.348 e. The topological polar surface area (TPSA) is 54.2 Å². The van der Waals surface area contributed by atoms with Gasteiger partial charge >= 0.3 is 0 Å². The molecule has 1 aromatic heterocycles. The number of hydrogen-bond donors (Lipinski definition) is 2. The summed E-state index contributed by atoms with van der Waals surface area (Å²) in [5.41, 5.74) is 3.79. The minimum absolute atomic E-state index is 0.720. The monoisotopic (exact) mass is 212 g/mol. The molecule has 0 amide bonds. The summed E-state index contributed by atoms with van der Waals surface area (Å²) >= 11 is 1.75. The maximum Gasteiger partial charge on any atom is 0.185 e. The van der Waals surface area contributed by atoms with Crippen molar-refractivity contribution in [3.63, 3.8) is 0 Å². The number of nitrogens with one attached hydrogen (secondary N) is 1. The normalized spacial score (nSPS) is 16.6. The first-order chi connectivity index (χ1) is 6.81. The summed E-state index contributed by atoms with van der Waals surface area (Å²) in [6.45, 7) is 5.07. The van der Waals surface area contributed by atoms with Gasteiger partial charge in [0.05, 0.1) is 5.69 Å². The van der Waals surface area contributed by atoms with Gasteiger partial charge in [-0.05, 0) is 19.8 Å². The average molecular weight is 212 g/mol. The molecule has 1 aromatic rings. The lowest BCUT2D eigenvalue weighted by molar-refractivity contribution is 0.745. The highest BCUT2D eigenvalue weighted by Crippen LogP contribution is 2.28. The van der Waals surface area contributed by atoms with Gasteiger partial charge in [-0.2, -0.15) is 0 Å². The number of anilines is 1. The highest BCUT2D eigenvalue weighted by molar-refractivity contribution is 7.15. The molecule has 1 fully saturated rings. The van der Waals surface area contributed by atoms with Gasteiger partial charge in [0, 0.05) is 24.5 Å². The summed E-state index contributed by atoms with van der Waals surface area (Å²) in [7, 11) is 0. The van der Waals surface area contributed by atoms with Gasteiger partial charge < -0.3 is 4.90 Å². The highest BCUT2D eigenvalue weighted by atomic mass is 32.1. The fourth-order valence-electron chi connectivity index (χ4n) is 1.71. The molecule has 0 radical (unpaired) electrons. The predicted octanol–water partition coefficient (Wildman–Crippen LogP) is 1.02. The van der Waals surface area contributed by atoms with Gasteiger partial charge in [-0.25, -0.2) is 4.98 Å². The van der Waals surface area contributed by atoms with E-state index in [0.717, 1.165) is 30.5 Å². The molecule has 3 N–H and O–H groups in total. The zero-order valence-corrected chi connectivity index (χ0v) is 9.23. The lowest BCUT2D eigenvalue weighted by Gasteiger charge is -2.12. The summed E-state index contributed by atoms with van der Waals surface area (Å²) in [5, 5.41) is 1.16. The van der Waals surface area contributed by atoms with E-state index in [1.807, 2.05) is 6.92 Å². The zero-order chi connectivity index (χ0) is 9.97. The molecule has 14 heavy (non-hydrogen) atoms. The molecular formula is C9H16N4S. The fourth-order valence-corrected chi connectivity index (χ4v) is 2.78. The first-order valence-electron chi connectivity index (χ1n) is 4.96. The molecule has 0 bridgehead atoms. The molecule has 4 nitrogen and oxygen atoms in total. The van der Waals surface area contributed by atoms with Crippen LogP contribution in [0.3, 0.4) is 0 Å². The Balaban J connectivity index is 2.14. The SMILES string of the molecule is Cc1nc(N2CCCC2)sc1CNN. The number of aromatic nitrogens is 1. The van der Waals surface area contributed by atoms with Crippen LogP contribution in [0.1, 0.15) is 23.4 Å². The molecular weight excluding hydrogens is 196 g/mol. The van der Waals surface area contributed by atoms with Crippen molar-refractivity contribution in [2.45, 2.75) is 26.3 Å². The molecule has 0 spiro atoms. The van der Waals surface area contributed by atoms with Crippen molar-refractivity contribution in [2.75, 3.05) is 18.0 Å². The van der Waals surface area contributed by atoms with Crippen molar-refractivity contribution in [2.24, 2.45) is 5.84 Å². The molecule has 0 atom stereocenters. The Morgan fingerprint density at radius 1 is 1.50 bits per heavy atom. The molecule has 0 unspecified atom stereocenters. The van der Waals surface area contributed by atoms with E-state index in [0.29, 0.717) is 0 Å². The van der Waals surface area contributed by atoms with Crippen LogP contribution in [0.2, 0.25) is 0 Å². The molecule has 0 aliphatic carbocycles. The second-order valence-electron chi connectivity index (χ2n) is 3.58. The van der Waals surface area contributed by atoms with E-state index in [1.165, 1.54) is 17.7 Å². The summed E-state index contributed by atoms with van der Waals surface area (Å²) < 4.78 is 0. The van der Waals surface area contributed by atoms with Crippen molar-refractivity contribution in [1.29, 1.82) is 0 Å². The molecule has 1 aliphatic rings. The minimum Gasteiger partial charge on any atom is -0.348 e. The molecule has 0 aromatic carbocycles. The summed E-state index contributed by atoms with van der Waals surface area (Å²) in [6, 6.07) is 0. The first-order valence-corrected chi connectivity index (χ1v) is 5.77. The third kappa shape index (κ3) is 1.89. The van der Waals surface area contributed by atoms with E-state index >= 15 is 0 Å². The van der Waals surface area contributed by atoms with Gasteiger partial charge in [0.15, 0.2) is 5.13 Å². The summed E-state index contributed by atoms with van der Waals surface area (Å²) in [4.78, 5) is 8.16. The number of hydrazine groups is 1. The van der Waals surface area contributed by atoms with Crippen LogP contribution >= 0.6 is 11.3 Å². The number of thiazole rings is 1. The Kier molecular flexibility index (Phi) is 3.00. The summed E-state index contributed by atoms with van der Waals surface area (Å²) in [5.74, 6) is 5.31. The number of nitrogens with two attached hydrogens (primary N) is 1. The van der Waals surface area contributed by atoms with Gasteiger partial charge in [0.1, 0.15) is 0 Å². The predicted molar refractivity (Wildman–Crippen MR) is 59.3 cm³/mol. The van der Waals surface area contributed by atoms with Gasteiger partial charge in [-0.1, -0.05) is 0 Å². The van der Waals surface area contributed by atoms with Crippen LogP contribution in [-0.4, -0.2) is 18.1 Å². The molecule has 2 heterocycles. The van der Waals surface area contributed by atoms with Crippen molar-refractivity contribution < 1.29 is 0 Å². The van der Waals surface area contributed by atoms with E-state index in [-0.39, 0.29) is 0 Å². The average Bonchev–Trinajstić information content (AvgIpc) is 2.76. The third-order valence-corrected chi connectivity index (χ3v) is 3.74. The lowest BCUT2D eigenvalue weighted by atomic mass is 10.4. The molecule has 1 aliphatic heterocycles. The van der Waals surface area contributed by atoms with Gasteiger partial charge in [0.25, 0.3) is 0 Å². The van der Waals surface area contributed by atoms with E-state index in [9.17, 15) is 0 Å². The molecule has 2 rings (SSSR count). The first kappa shape index (κ1) is 9.89. The van der Waals surface area contributed by atoms with Crippen molar-refractivity contribution in [1.82, 2.24) is 10.4 Å². The van der Waals surface area contributed by atoms with Crippen molar-refractivity contribution >= 4 is 16.5 Å². The minimum atomic E-state index is 0.720. The van der Waals surface area contributed by atoms with Crippen LogP contribution in [0.25, 0.3) is 0 Å². The number of rotatable bonds is 3. The van der Waals surface area contributed by atoms with Crippen LogP contribution in [0.5, 0.6) is 0 Å². The molecule has 1 saturated heterocycles. The zero-order valence-electron chi connectivity index (χ0n) is 8.42. The van der Waals surface area contributed by atoms with Crippen molar-refractivity contribution in [3.05, 3.63) is 10.6 Å². The quantitative estimate of drug-likeness (QED) is 0.580. The highest BCUT2D eigenvalue weighted by Gasteiger charge is 2.17.